The Labute approximate surface area is 80.6 Å². The van der Waals surface area contributed by atoms with Gasteiger partial charge in [-0.15, -0.1) is 0 Å². The lowest BCUT2D eigenvalue weighted by atomic mass is 9.91. The van der Waals surface area contributed by atoms with E-state index in [1.54, 1.807) is 0 Å². The summed E-state index contributed by atoms with van der Waals surface area (Å²) < 4.78 is 0. The summed E-state index contributed by atoms with van der Waals surface area (Å²) in [7, 11) is 1.92. The zero-order valence-electron chi connectivity index (χ0n) is 9.05. The van der Waals surface area contributed by atoms with Crippen LogP contribution in [0.25, 0.3) is 0 Å². The van der Waals surface area contributed by atoms with Crippen LogP contribution in [0.3, 0.4) is 0 Å². The van der Waals surface area contributed by atoms with Crippen molar-refractivity contribution in [3.8, 4) is 0 Å². The van der Waals surface area contributed by atoms with Crippen molar-refractivity contribution in [2.75, 3.05) is 7.05 Å². The van der Waals surface area contributed by atoms with E-state index in [4.69, 9.17) is 0 Å². The lowest BCUT2D eigenvalue weighted by Gasteiger charge is -2.35. The Kier molecular flexibility index (Phi) is 3.12. The SMILES string of the molecule is CC(C)=C(C)C(=O)N(C)C1CCC1. The van der Waals surface area contributed by atoms with Crippen LogP contribution in [0.4, 0.5) is 0 Å². The van der Waals surface area contributed by atoms with Gasteiger partial charge < -0.3 is 4.90 Å². The highest BCUT2D eigenvalue weighted by Gasteiger charge is 2.26. The molecule has 2 nitrogen and oxygen atoms in total. The summed E-state index contributed by atoms with van der Waals surface area (Å²) in [5, 5.41) is 0. The van der Waals surface area contributed by atoms with Crippen LogP contribution in [0.15, 0.2) is 11.1 Å². The lowest BCUT2D eigenvalue weighted by Crippen LogP contribution is -2.41. The van der Waals surface area contributed by atoms with Gasteiger partial charge in [0.2, 0.25) is 5.91 Å². The average Bonchev–Trinajstić information content (AvgIpc) is 1.98. The van der Waals surface area contributed by atoms with Crippen LogP contribution >= 0.6 is 0 Å². The molecule has 0 saturated heterocycles. The smallest absolute Gasteiger partial charge is 0.249 e. The zero-order valence-corrected chi connectivity index (χ0v) is 9.05. The normalized spacial score (nSPS) is 16.3. The minimum absolute atomic E-state index is 0.199. The molecule has 0 aromatic carbocycles. The number of carbonyl (C=O) groups is 1. The lowest BCUT2D eigenvalue weighted by molar-refractivity contribution is -0.129. The fourth-order valence-corrected chi connectivity index (χ4v) is 1.42. The first-order valence-corrected chi connectivity index (χ1v) is 4.95. The van der Waals surface area contributed by atoms with Crippen LogP contribution in [0.1, 0.15) is 40.0 Å². The molecule has 0 aromatic heterocycles. The first kappa shape index (κ1) is 10.3. The van der Waals surface area contributed by atoms with E-state index in [0.717, 1.165) is 11.1 Å². The van der Waals surface area contributed by atoms with Crippen LogP contribution in [0.2, 0.25) is 0 Å². The molecule has 0 atom stereocenters. The van der Waals surface area contributed by atoms with Gasteiger partial charge >= 0.3 is 0 Å². The van der Waals surface area contributed by atoms with Gasteiger partial charge in [0, 0.05) is 18.7 Å². The second kappa shape index (κ2) is 3.95. The van der Waals surface area contributed by atoms with E-state index >= 15 is 0 Å². The van der Waals surface area contributed by atoms with Crippen molar-refractivity contribution < 1.29 is 4.79 Å². The molecular formula is C11H19NO. The number of likely N-dealkylation sites (N-methyl/N-ethyl adjacent to an activating group) is 1. The number of nitrogens with zero attached hydrogens (tertiary/aromatic N) is 1. The summed E-state index contributed by atoms with van der Waals surface area (Å²) in [6.45, 7) is 5.89. The van der Waals surface area contributed by atoms with Crippen LogP contribution in [0, 0.1) is 0 Å². The summed E-state index contributed by atoms with van der Waals surface area (Å²) >= 11 is 0. The number of rotatable bonds is 2. The number of allylic oxidation sites excluding steroid dienone is 1. The van der Waals surface area contributed by atoms with Crippen molar-refractivity contribution >= 4 is 5.91 Å². The van der Waals surface area contributed by atoms with Gasteiger partial charge in [-0.05, 0) is 40.0 Å². The molecule has 0 aliphatic heterocycles. The van der Waals surface area contributed by atoms with E-state index in [0.29, 0.717) is 6.04 Å². The van der Waals surface area contributed by atoms with E-state index in [9.17, 15) is 4.79 Å². The molecular weight excluding hydrogens is 162 g/mol. The second-order valence-corrected chi connectivity index (χ2v) is 4.13. The van der Waals surface area contributed by atoms with Gasteiger partial charge in [-0.3, -0.25) is 4.79 Å². The third kappa shape index (κ3) is 2.11. The van der Waals surface area contributed by atoms with Gasteiger partial charge in [-0.25, -0.2) is 0 Å². The molecule has 1 rings (SSSR count). The summed E-state index contributed by atoms with van der Waals surface area (Å²) in [5.41, 5.74) is 2.02. The number of hydrogen-bond acceptors (Lipinski definition) is 1. The molecule has 1 saturated carbocycles. The van der Waals surface area contributed by atoms with E-state index < -0.39 is 0 Å². The third-order valence-electron chi connectivity index (χ3n) is 3.01. The summed E-state index contributed by atoms with van der Waals surface area (Å²) in [6.07, 6.45) is 3.63. The molecule has 74 valence electrons. The highest BCUT2D eigenvalue weighted by molar-refractivity contribution is 5.93. The second-order valence-electron chi connectivity index (χ2n) is 4.13. The van der Waals surface area contributed by atoms with Crippen molar-refractivity contribution in [3.63, 3.8) is 0 Å². The van der Waals surface area contributed by atoms with Crippen LogP contribution in [-0.4, -0.2) is 23.9 Å². The Bertz CT molecular complexity index is 234. The Hall–Kier alpha value is -0.790. The van der Waals surface area contributed by atoms with Gasteiger partial charge in [0.25, 0.3) is 0 Å². The van der Waals surface area contributed by atoms with E-state index in [1.807, 2.05) is 32.7 Å². The van der Waals surface area contributed by atoms with Crippen molar-refractivity contribution in [2.45, 2.75) is 46.1 Å². The average molecular weight is 181 g/mol. The number of amides is 1. The molecule has 1 amide bonds. The van der Waals surface area contributed by atoms with Crippen molar-refractivity contribution in [1.29, 1.82) is 0 Å². The van der Waals surface area contributed by atoms with Crippen molar-refractivity contribution in [3.05, 3.63) is 11.1 Å². The molecule has 13 heavy (non-hydrogen) atoms. The molecule has 2 heteroatoms. The summed E-state index contributed by atoms with van der Waals surface area (Å²) in [5.74, 6) is 0.199. The predicted molar refractivity (Wildman–Crippen MR) is 54.5 cm³/mol. The molecule has 1 aliphatic rings. The van der Waals surface area contributed by atoms with Gasteiger partial charge in [0.05, 0.1) is 0 Å². The topological polar surface area (TPSA) is 20.3 Å². The maximum atomic E-state index is 11.8. The van der Waals surface area contributed by atoms with Crippen molar-refractivity contribution in [2.24, 2.45) is 0 Å². The Morgan fingerprint density at radius 2 is 1.77 bits per heavy atom. The molecule has 1 aliphatic carbocycles. The Balaban J connectivity index is 2.61. The molecule has 0 radical (unpaired) electrons. The minimum Gasteiger partial charge on any atom is -0.339 e. The monoisotopic (exact) mass is 181 g/mol. The molecule has 0 N–H and O–H groups in total. The quantitative estimate of drug-likeness (QED) is 0.599. The van der Waals surface area contributed by atoms with Crippen LogP contribution < -0.4 is 0 Å². The van der Waals surface area contributed by atoms with Crippen LogP contribution in [-0.2, 0) is 4.79 Å². The molecule has 0 aromatic rings. The van der Waals surface area contributed by atoms with E-state index in [1.165, 1.54) is 19.3 Å². The first-order chi connectivity index (χ1) is 6.04. The summed E-state index contributed by atoms with van der Waals surface area (Å²) in [4.78, 5) is 13.7. The molecule has 0 unspecified atom stereocenters. The standard InChI is InChI=1S/C11H19NO/c1-8(2)9(3)11(13)12(4)10-6-5-7-10/h10H,5-7H2,1-4H3. The van der Waals surface area contributed by atoms with Gasteiger partial charge in [-0.1, -0.05) is 5.57 Å². The zero-order chi connectivity index (χ0) is 10.0. The Morgan fingerprint density at radius 1 is 1.23 bits per heavy atom. The minimum atomic E-state index is 0.199. The highest BCUT2D eigenvalue weighted by atomic mass is 16.2. The maximum absolute atomic E-state index is 11.8. The molecule has 1 fully saturated rings. The third-order valence-corrected chi connectivity index (χ3v) is 3.01. The number of carbonyl (C=O) groups excluding carboxylic acids is 1. The van der Waals surface area contributed by atoms with Gasteiger partial charge in [0.1, 0.15) is 0 Å². The number of hydrogen-bond donors (Lipinski definition) is 0. The highest BCUT2D eigenvalue weighted by Crippen LogP contribution is 2.24. The summed E-state index contributed by atoms with van der Waals surface area (Å²) in [6, 6.07) is 0.502. The fourth-order valence-electron chi connectivity index (χ4n) is 1.42. The molecule has 0 spiro atoms. The largest absolute Gasteiger partial charge is 0.339 e. The Morgan fingerprint density at radius 3 is 2.08 bits per heavy atom. The van der Waals surface area contributed by atoms with Gasteiger partial charge in [0.15, 0.2) is 0 Å². The van der Waals surface area contributed by atoms with Crippen molar-refractivity contribution in [1.82, 2.24) is 4.90 Å². The predicted octanol–water partition coefficient (Wildman–Crippen LogP) is 2.35. The molecule has 0 bridgehead atoms. The first-order valence-electron chi connectivity index (χ1n) is 4.95. The van der Waals surface area contributed by atoms with E-state index in [-0.39, 0.29) is 5.91 Å². The van der Waals surface area contributed by atoms with Crippen LogP contribution in [0.5, 0.6) is 0 Å². The molecule has 0 heterocycles. The van der Waals surface area contributed by atoms with E-state index in [2.05, 4.69) is 0 Å². The fraction of sp³-hybridized carbons (Fsp3) is 0.727. The van der Waals surface area contributed by atoms with Gasteiger partial charge in [-0.2, -0.15) is 0 Å². The maximum Gasteiger partial charge on any atom is 0.249 e.